The van der Waals surface area contributed by atoms with Crippen molar-refractivity contribution >= 4 is 11.9 Å². The summed E-state index contributed by atoms with van der Waals surface area (Å²) in [6.45, 7) is 2.26. The molecule has 1 aromatic carbocycles. The molecule has 0 heterocycles. The van der Waals surface area contributed by atoms with E-state index in [2.05, 4.69) is 0 Å². The molecule has 0 aliphatic heterocycles. The van der Waals surface area contributed by atoms with E-state index in [-0.39, 0.29) is 12.3 Å². The highest BCUT2D eigenvalue weighted by Gasteiger charge is 2.11. The van der Waals surface area contributed by atoms with Gasteiger partial charge in [0.05, 0.1) is 6.42 Å². The fourth-order valence-electron chi connectivity index (χ4n) is 1.66. The number of carboxylic acids is 1. The zero-order valence-electron chi connectivity index (χ0n) is 10.1. The highest BCUT2D eigenvalue weighted by molar-refractivity contribution is 5.75. The lowest BCUT2D eigenvalue weighted by molar-refractivity contribution is -0.136. The summed E-state index contributed by atoms with van der Waals surface area (Å²) in [6, 6.07) is 7.31. The fraction of sp³-hybridized carbons (Fsp3) is 0.385. The fourth-order valence-corrected chi connectivity index (χ4v) is 1.66. The van der Waals surface area contributed by atoms with Crippen molar-refractivity contribution in [3.8, 4) is 0 Å². The first-order valence-corrected chi connectivity index (χ1v) is 5.57. The van der Waals surface area contributed by atoms with Gasteiger partial charge in [-0.1, -0.05) is 31.2 Å². The Morgan fingerprint density at radius 3 is 2.35 bits per heavy atom. The van der Waals surface area contributed by atoms with Crippen LogP contribution in [-0.4, -0.2) is 28.9 Å². The molecule has 0 saturated heterocycles. The minimum Gasteiger partial charge on any atom is -0.481 e. The van der Waals surface area contributed by atoms with E-state index in [0.29, 0.717) is 13.0 Å². The Balaban J connectivity index is 2.83. The third kappa shape index (κ3) is 3.90. The number of benzene rings is 1. The third-order valence-corrected chi connectivity index (χ3v) is 2.60. The summed E-state index contributed by atoms with van der Waals surface area (Å²) >= 11 is 0. The maximum absolute atomic E-state index is 11.5. The lowest BCUT2D eigenvalue weighted by atomic mass is 10.0. The molecule has 4 nitrogen and oxygen atoms in total. The molecule has 0 bridgehead atoms. The summed E-state index contributed by atoms with van der Waals surface area (Å²) in [5, 5.41) is 8.80. The minimum absolute atomic E-state index is 0.00959. The average molecular weight is 235 g/mol. The van der Waals surface area contributed by atoms with Crippen molar-refractivity contribution in [2.75, 3.05) is 7.05 Å². The van der Waals surface area contributed by atoms with Crippen molar-refractivity contribution in [2.45, 2.75) is 26.3 Å². The molecule has 0 aromatic heterocycles. The van der Waals surface area contributed by atoms with Gasteiger partial charge in [-0.25, -0.2) is 0 Å². The largest absolute Gasteiger partial charge is 0.481 e. The molecular weight excluding hydrogens is 218 g/mol. The monoisotopic (exact) mass is 235 g/mol. The number of hydrogen-bond donors (Lipinski definition) is 1. The van der Waals surface area contributed by atoms with Gasteiger partial charge in [0.25, 0.3) is 0 Å². The van der Waals surface area contributed by atoms with Gasteiger partial charge in [0, 0.05) is 20.0 Å². The topological polar surface area (TPSA) is 57.6 Å². The van der Waals surface area contributed by atoms with E-state index < -0.39 is 5.97 Å². The van der Waals surface area contributed by atoms with E-state index in [9.17, 15) is 9.59 Å². The highest BCUT2D eigenvalue weighted by Crippen LogP contribution is 2.12. The van der Waals surface area contributed by atoms with Crippen molar-refractivity contribution in [1.82, 2.24) is 4.90 Å². The smallest absolute Gasteiger partial charge is 0.307 e. The van der Waals surface area contributed by atoms with E-state index >= 15 is 0 Å². The summed E-state index contributed by atoms with van der Waals surface area (Å²) in [5.74, 6) is -0.808. The molecule has 1 rings (SSSR count). The van der Waals surface area contributed by atoms with Gasteiger partial charge >= 0.3 is 5.97 Å². The second-order valence-electron chi connectivity index (χ2n) is 3.94. The Morgan fingerprint density at radius 2 is 1.82 bits per heavy atom. The van der Waals surface area contributed by atoms with Crippen molar-refractivity contribution < 1.29 is 14.7 Å². The lowest BCUT2D eigenvalue weighted by Crippen LogP contribution is -2.25. The number of amides is 1. The van der Waals surface area contributed by atoms with Crippen LogP contribution in [0.2, 0.25) is 0 Å². The Morgan fingerprint density at radius 1 is 1.24 bits per heavy atom. The molecule has 1 aromatic rings. The number of carbonyl (C=O) groups is 2. The van der Waals surface area contributed by atoms with Crippen LogP contribution in [0.15, 0.2) is 24.3 Å². The number of hydrogen-bond acceptors (Lipinski definition) is 2. The molecule has 1 amide bonds. The van der Waals surface area contributed by atoms with Gasteiger partial charge in [-0.2, -0.15) is 0 Å². The Bertz CT molecular complexity index is 415. The summed E-state index contributed by atoms with van der Waals surface area (Å²) < 4.78 is 0. The number of nitrogens with zero attached hydrogens (tertiary/aromatic N) is 1. The molecule has 0 unspecified atom stereocenters. The second-order valence-corrected chi connectivity index (χ2v) is 3.94. The molecule has 0 radical (unpaired) electrons. The van der Waals surface area contributed by atoms with Gasteiger partial charge in [0.1, 0.15) is 0 Å². The summed E-state index contributed by atoms with van der Waals surface area (Å²) in [5.41, 5.74) is 1.65. The predicted octanol–water partition coefficient (Wildman–Crippen LogP) is 1.68. The van der Waals surface area contributed by atoms with Crippen LogP contribution in [0, 0.1) is 0 Å². The van der Waals surface area contributed by atoms with Crippen molar-refractivity contribution in [3.05, 3.63) is 35.4 Å². The summed E-state index contributed by atoms with van der Waals surface area (Å²) in [7, 11) is 1.73. The van der Waals surface area contributed by atoms with Crippen LogP contribution in [0.25, 0.3) is 0 Å². The lowest BCUT2D eigenvalue weighted by Gasteiger charge is -2.18. The van der Waals surface area contributed by atoms with Crippen LogP contribution in [0.1, 0.15) is 24.5 Å². The molecule has 17 heavy (non-hydrogen) atoms. The van der Waals surface area contributed by atoms with Crippen molar-refractivity contribution in [2.24, 2.45) is 0 Å². The minimum atomic E-state index is -0.859. The number of rotatable bonds is 5. The Labute approximate surface area is 101 Å². The second kappa shape index (κ2) is 6.03. The Hall–Kier alpha value is -1.84. The normalized spacial score (nSPS) is 10.0. The maximum atomic E-state index is 11.5. The molecule has 0 aliphatic rings. The van der Waals surface area contributed by atoms with Crippen LogP contribution < -0.4 is 0 Å². The number of carboxylic acid groups (broad SMARTS) is 1. The zero-order valence-corrected chi connectivity index (χ0v) is 10.1. The van der Waals surface area contributed by atoms with Gasteiger partial charge in [-0.3, -0.25) is 9.59 Å². The molecule has 0 fully saturated rings. The van der Waals surface area contributed by atoms with Crippen LogP contribution in [0.5, 0.6) is 0 Å². The molecule has 0 saturated carbocycles. The number of carbonyl (C=O) groups excluding carboxylic acids is 1. The number of aliphatic carboxylic acids is 1. The maximum Gasteiger partial charge on any atom is 0.307 e. The van der Waals surface area contributed by atoms with Gasteiger partial charge in [0.15, 0.2) is 0 Å². The van der Waals surface area contributed by atoms with Crippen LogP contribution in [0.3, 0.4) is 0 Å². The van der Waals surface area contributed by atoms with E-state index in [1.807, 2.05) is 25.1 Å². The zero-order chi connectivity index (χ0) is 12.8. The van der Waals surface area contributed by atoms with E-state index in [1.165, 1.54) is 0 Å². The molecule has 4 heteroatoms. The predicted molar refractivity (Wildman–Crippen MR) is 64.5 cm³/mol. The van der Waals surface area contributed by atoms with Crippen LogP contribution >= 0.6 is 0 Å². The summed E-state index contributed by atoms with van der Waals surface area (Å²) in [4.78, 5) is 23.8. The van der Waals surface area contributed by atoms with E-state index in [1.54, 1.807) is 18.0 Å². The van der Waals surface area contributed by atoms with Crippen LogP contribution in [0.4, 0.5) is 0 Å². The molecule has 0 atom stereocenters. The van der Waals surface area contributed by atoms with Gasteiger partial charge < -0.3 is 10.0 Å². The first kappa shape index (κ1) is 13.2. The van der Waals surface area contributed by atoms with Crippen molar-refractivity contribution in [3.63, 3.8) is 0 Å². The first-order valence-electron chi connectivity index (χ1n) is 5.57. The van der Waals surface area contributed by atoms with Crippen molar-refractivity contribution in [1.29, 1.82) is 0 Å². The standard InChI is InChI=1S/C13H17NO3/c1-3-12(15)14(2)9-11-7-5-4-6-10(11)8-13(16)17/h4-7H,3,8-9H2,1-2H3,(H,16,17). The highest BCUT2D eigenvalue weighted by atomic mass is 16.4. The van der Waals surface area contributed by atoms with Gasteiger partial charge in [-0.05, 0) is 11.1 Å². The first-order chi connectivity index (χ1) is 8.04. The van der Waals surface area contributed by atoms with E-state index in [0.717, 1.165) is 11.1 Å². The molecular formula is C13H17NO3. The van der Waals surface area contributed by atoms with Crippen LogP contribution in [-0.2, 0) is 22.6 Å². The van der Waals surface area contributed by atoms with Gasteiger partial charge in [0.2, 0.25) is 5.91 Å². The summed E-state index contributed by atoms with van der Waals surface area (Å²) in [6.07, 6.45) is 0.446. The van der Waals surface area contributed by atoms with Gasteiger partial charge in [-0.15, -0.1) is 0 Å². The molecule has 92 valence electrons. The molecule has 0 aliphatic carbocycles. The SMILES string of the molecule is CCC(=O)N(C)Cc1ccccc1CC(=O)O. The van der Waals surface area contributed by atoms with E-state index in [4.69, 9.17) is 5.11 Å². The molecule has 0 spiro atoms. The molecule has 1 N–H and O–H groups in total. The third-order valence-electron chi connectivity index (χ3n) is 2.60. The quantitative estimate of drug-likeness (QED) is 0.844. The average Bonchev–Trinajstić information content (AvgIpc) is 2.29. The Kier molecular flexibility index (Phi) is 4.69.